The molecule has 0 atom stereocenters. The smallest absolute Gasteiger partial charge is 0.343 e. The van der Waals surface area contributed by atoms with Crippen LogP contribution in [0.15, 0.2) is 41.5 Å². The molecule has 2 aromatic rings. The lowest BCUT2D eigenvalue weighted by Crippen LogP contribution is -2.35. The van der Waals surface area contributed by atoms with E-state index in [1.807, 2.05) is 6.07 Å². The second kappa shape index (κ2) is 9.15. The highest BCUT2D eigenvalue weighted by molar-refractivity contribution is 8.14. The van der Waals surface area contributed by atoms with Crippen LogP contribution in [0.1, 0.15) is 23.7 Å². The molecule has 0 radical (unpaired) electrons. The SMILES string of the molecule is CCOC(=O)c1cnn(-c2ccccc2)c1NC(=O)CSC1=NC(=O)CC(=O)N1. The summed E-state index contributed by atoms with van der Waals surface area (Å²) in [5, 5.41) is 9.31. The lowest BCUT2D eigenvalue weighted by Gasteiger charge is -2.13. The van der Waals surface area contributed by atoms with E-state index in [2.05, 4.69) is 20.7 Å². The standard InChI is InChI=1S/C18H17N5O5S/c1-2-28-17(27)12-9-19-23(11-6-4-3-5-7-11)16(12)20-15(26)10-29-18-21-13(24)8-14(25)22-18/h3-7,9H,2,8,10H2,1H3,(H,20,26)(H,21,22,24,25). The van der Waals surface area contributed by atoms with Crippen LogP contribution in [-0.2, 0) is 19.1 Å². The molecular formula is C18H17N5O5S. The number of aromatic nitrogens is 2. The van der Waals surface area contributed by atoms with Gasteiger partial charge in [-0.15, -0.1) is 0 Å². The van der Waals surface area contributed by atoms with E-state index in [0.29, 0.717) is 5.69 Å². The molecule has 1 aliphatic rings. The van der Waals surface area contributed by atoms with Crippen molar-refractivity contribution in [1.29, 1.82) is 0 Å². The molecule has 1 aromatic heterocycles. The van der Waals surface area contributed by atoms with Crippen LogP contribution >= 0.6 is 11.8 Å². The van der Waals surface area contributed by atoms with E-state index in [0.717, 1.165) is 11.8 Å². The van der Waals surface area contributed by atoms with Gasteiger partial charge in [-0.05, 0) is 19.1 Å². The zero-order chi connectivity index (χ0) is 20.8. The summed E-state index contributed by atoms with van der Waals surface area (Å²) >= 11 is 0.900. The Bertz CT molecular complexity index is 986. The van der Waals surface area contributed by atoms with Gasteiger partial charge in [0, 0.05) is 0 Å². The molecule has 2 N–H and O–H groups in total. The third-order valence-electron chi connectivity index (χ3n) is 3.65. The third kappa shape index (κ3) is 5.08. The van der Waals surface area contributed by atoms with Crippen molar-refractivity contribution in [3.8, 4) is 5.69 Å². The summed E-state index contributed by atoms with van der Waals surface area (Å²) in [6.45, 7) is 1.85. The average molecular weight is 415 g/mol. The van der Waals surface area contributed by atoms with E-state index in [9.17, 15) is 19.2 Å². The molecule has 0 fully saturated rings. The minimum Gasteiger partial charge on any atom is -0.462 e. The van der Waals surface area contributed by atoms with Crippen LogP contribution in [0.4, 0.5) is 5.82 Å². The number of benzene rings is 1. The molecule has 3 amide bonds. The van der Waals surface area contributed by atoms with Crippen molar-refractivity contribution in [1.82, 2.24) is 15.1 Å². The van der Waals surface area contributed by atoms with Crippen LogP contribution in [0.3, 0.4) is 0 Å². The van der Waals surface area contributed by atoms with Gasteiger partial charge < -0.3 is 15.4 Å². The van der Waals surface area contributed by atoms with Crippen LogP contribution < -0.4 is 10.6 Å². The van der Waals surface area contributed by atoms with Gasteiger partial charge in [-0.1, -0.05) is 30.0 Å². The molecule has 11 heteroatoms. The second-order valence-electron chi connectivity index (χ2n) is 5.75. The first-order valence-electron chi connectivity index (χ1n) is 8.62. The van der Waals surface area contributed by atoms with E-state index >= 15 is 0 Å². The van der Waals surface area contributed by atoms with Crippen molar-refractivity contribution in [3.05, 3.63) is 42.1 Å². The molecule has 150 valence electrons. The van der Waals surface area contributed by atoms with E-state index in [1.54, 1.807) is 31.2 Å². The van der Waals surface area contributed by atoms with Crippen molar-refractivity contribution < 1.29 is 23.9 Å². The van der Waals surface area contributed by atoms with Crippen molar-refractivity contribution in [2.75, 3.05) is 17.7 Å². The summed E-state index contributed by atoms with van der Waals surface area (Å²) in [7, 11) is 0. The van der Waals surface area contributed by atoms with E-state index < -0.39 is 23.7 Å². The van der Waals surface area contributed by atoms with Crippen molar-refractivity contribution in [2.45, 2.75) is 13.3 Å². The molecular weight excluding hydrogens is 398 g/mol. The first-order valence-corrected chi connectivity index (χ1v) is 9.61. The van der Waals surface area contributed by atoms with Gasteiger partial charge in [0.2, 0.25) is 11.8 Å². The van der Waals surface area contributed by atoms with Gasteiger partial charge in [0.15, 0.2) is 11.0 Å². The molecule has 3 rings (SSSR count). The number of carbonyl (C=O) groups is 4. The second-order valence-corrected chi connectivity index (χ2v) is 6.71. The molecule has 1 aliphatic heterocycles. The highest BCUT2D eigenvalue weighted by Gasteiger charge is 2.23. The Kier molecular flexibility index (Phi) is 6.39. The zero-order valence-electron chi connectivity index (χ0n) is 15.4. The molecule has 2 heterocycles. The van der Waals surface area contributed by atoms with Gasteiger partial charge in [0.1, 0.15) is 12.0 Å². The number of rotatable bonds is 6. The number of thioether (sulfide) groups is 1. The van der Waals surface area contributed by atoms with Gasteiger partial charge >= 0.3 is 5.97 Å². The van der Waals surface area contributed by atoms with Crippen LogP contribution in [-0.4, -0.2) is 51.0 Å². The molecule has 10 nitrogen and oxygen atoms in total. The molecule has 0 saturated heterocycles. The Morgan fingerprint density at radius 1 is 1.28 bits per heavy atom. The monoisotopic (exact) mass is 415 g/mol. The number of hydrogen-bond donors (Lipinski definition) is 2. The van der Waals surface area contributed by atoms with Gasteiger partial charge in [-0.2, -0.15) is 10.1 Å². The first-order chi connectivity index (χ1) is 14.0. The van der Waals surface area contributed by atoms with Crippen LogP contribution in [0.5, 0.6) is 0 Å². The minimum atomic E-state index is -0.618. The topological polar surface area (TPSA) is 132 Å². The fraction of sp³-hybridized carbons (Fsp3) is 0.222. The van der Waals surface area contributed by atoms with Crippen LogP contribution in [0, 0.1) is 0 Å². The molecule has 0 spiro atoms. The van der Waals surface area contributed by atoms with Crippen LogP contribution in [0.25, 0.3) is 5.69 Å². The highest BCUT2D eigenvalue weighted by atomic mass is 32.2. The maximum absolute atomic E-state index is 12.5. The Morgan fingerprint density at radius 2 is 2.03 bits per heavy atom. The number of aliphatic imine (C=N–C) groups is 1. The molecule has 0 bridgehead atoms. The average Bonchev–Trinajstić information content (AvgIpc) is 3.10. The largest absolute Gasteiger partial charge is 0.462 e. The fourth-order valence-electron chi connectivity index (χ4n) is 2.44. The molecule has 1 aromatic carbocycles. The Morgan fingerprint density at radius 3 is 2.72 bits per heavy atom. The number of ether oxygens (including phenoxy) is 1. The summed E-state index contributed by atoms with van der Waals surface area (Å²) in [4.78, 5) is 51.1. The summed E-state index contributed by atoms with van der Waals surface area (Å²) in [6.07, 6.45) is 1.01. The fourth-order valence-corrected chi connectivity index (χ4v) is 3.14. The number of nitrogens with one attached hydrogen (secondary N) is 2. The van der Waals surface area contributed by atoms with Gasteiger partial charge in [-0.25, -0.2) is 9.48 Å². The van der Waals surface area contributed by atoms with Gasteiger partial charge in [-0.3, -0.25) is 14.4 Å². The number of nitrogens with zero attached hydrogens (tertiary/aromatic N) is 3. The number of para-hydroxylation sites is 1. The Hall–Kier alpha value is -3.47. The molecule has 0 unspecified atom stereocenters. The lowest BCUT2D eigenvalue weighted by molar-refractivity contribution is -0.127. The van der Waals surface area contributed by atoms with E-state index in [4.69, 9.17) is 4.74 Å². The van der Waals surface area contributed by atoms with E-state index in [1.165, 1.54) is 10.9 Å². The summed E-state index contributed by atoms with van der Waals surface area (Å²) in [5.41, 5.74) is 0.744. The maximum atomic E-state index is 12.5. The number of carbonyl (C=O) groups excluding carboxylic acids is 4. The number of hydrogen-bond acceptors (Lipinski definition) is 7. The first kappa shape index (κ1) is 20.3. The van der Waals surface area contributed by atoms with Crippen molar-refractivity contribution >= 4 is 46.4 Å². The van der Waals surface area contributed by atoms with E-state index in [-0.39, 0.29) is 35.3 Å². The number of anilines is 1. The predicted molar refractivity (Wildman–Crippen MR) is 106 cm³/mol. The zero-order valence-corrected chi connectivity index (χ0v) is 16.2. The minimum absolute atomic E-state index is 0.0589. The van der Waals surface area contributed by atoms with Crippen molar-refractivity contribution in [3.63, 3.8) is 0 Å². The number of esters is 1. The summed E-state index contributed by atoms with van der Waals surface area (Å²) in [6, 6.07) is 8.95. The van der Waals surface area contributed by atoms with Crippen LogP contribution in [0.2, 0.25) is 0 Å². The summed E-state index contributed by atoms with van der Waals surface area (Å²) < 4.78 is 6.44. The highest BCUT2D eigenvalue weighted by Crippen LogP contribution is 2.22. The summed E-state index contributed by atoms with van der Waals surface area (Å²) in [5.74, 6) is -2.12. The molecule has 0 saturated carbocycles. The van der Waals surface area contributed by atoms with Crippen molar-refractivity contribution in [2.24, 2.45) is 4.99 Å². The lowest BCUT2D eigenvalue weighted by atomic mass is 10.3. The predicted octanol–water partition coefficient (Wildman–Crippen LogP) is 1.12. The number of amides is 3. The normalized spacial score (nSPS) is 13.5. The molecule has 0 aliphatic carbocycles. The van der Waals surface area contributed by atoms with Gasteiger partial charge in [0.25, 0.3) is 5.91 Å². The molecule has 29 heavy (non-hydrogen) atoms. The Labute approximate surface area is 169 Å². The van der Waals surface area contributed by atoms with Gasteiger partial charge in [0.05, 0.1) is 24.2 Å². The number of amidine groups is 1. The third-order valence-corrected chi connectivity index (χ3v) is 4.52. The quantitative estimate of drug-likeness (QED) is 0.534. The maximum Gasteiger partial charge on any atom is 0.343 e. The Balaban J connectivity index is 1.78.